The lowest BCUT2D eigenvalue weighted by molar-refractivity contribution is -0.140. The molecule has 0 bridgehead atoms. The highest BCUT2D eigenvalue weighted by molar-refractivity contribution is 5.69. The number of aliphatic carboxylic acids is 1. The van der Waals surface area contributed by atoms with E-state index in [1.165, 1.54) is 0 Å². The van der Waals surface area contributed by atoms with Gasteiger partial charge in [0.05, 0.1) is 12.5 Å². The summed E-state index contributed by atoms with van der Waals surface area (Å²) >= 11 is 0. The topological polar surface area (TPSA) is 58.6 Å². The fourth-order valence-corrected chi connectivity index (χ4v) is 0.580. The van der Waals surface area contributed by atoms with Gasteiger partial charge in [-0.15, -0.1) is 0 Å². The lowest BCUT2D eigenvalue weighted by Gasteiger charge is -2.06. The summed E-state index contributed by atoms with van der Waals surface area (Å²) in [6.07, 6.45) is 0. The Morgan fingerprint density at radius 3 is 2.82 bits per heavy atom. The fourth-order valence-electron chi connectivity index (χ4n) is 0.580. The van der Waals surface area contributed by atoms with Crippen LogP contribution in [0.25, 0.3) is 0 Å². The summed E-state index contributed by atoms with van der Waals surface area (Å²) in [6.45, 7) is 3.49. The third kappa shape index (κ3) is 5.82. The van der Waals surface area contributed by atoms with Crippen molar-refractivity contribution in [3.63, 3.8) is 0 Å². The Labute approximate surface area is 66.5 Å². The Bertz CT molecular complexity index is 116. The molecule has 0 aromatic heterocycles. The van der Waals surface area contributed by atoms with Gasteiger partial charge in [-0.25, -0.2) is 0 Å². The van der Waals surface area contributed by atoms with Crippen molar-refractivity contribution in [2.45, 2.75) is 6.92 Å². The molecule has 4 nitrogen and oxygen atoms in total. The molecule has 0 aromatic carbocycles. The first-order chi connectivity index (χ1) is 5.18. The number of carbonyl (C=O) groups is 1. The van der Waals surface area contributed by atoms with Crippen molar-refractivity contribution in [1.82, 2.24) is 5.32 Å². The largest absolute Gasteiger partial charge is 0.481 e. The maximum absolute atomic E-state index is 10.3. The molecule has 0 aromatic rings. The molecule has 2 N–H and O–H groups in total. The number of methoxy groups -OCH3 is 1. The van der Waals surface area contributed by atoms with Crippen LogP contribution in [0.4, 0.5) is 0 Å². The van der Waals surface area contributed by atoms with Crippen LogP contribution in [0.5, 0.6) is 0 Å². The van der Waals surface area contributed by atoms with E-state index in [-0.39, 0.29) is 5.92 Å². The number of carboxylic acid groups (broad SMARTS) is 1. The van der Waals surface area contributed by atoms with E-state index in [0.29, 0.717) is 19.7 Å². The summed E-state index contributed by atoms with van der Waals surface area (Å²) < 4.78 is 4.77. The molecule has 0 heterocycles. The van der Waals surface area contributed by atoms with Gasteiger partial charge >= 0.3 is 5.97 Å². The number of carboxylic acids is 1. The third-order valence-corrected chi connectivity index (χ3v) is 1.36. The Morgan fingerprint density at radius 1 is 1.73 bits per heavy atom. The average Bonchev–Trinajstić information content (AvgIpc) is 1.97. The van der Waals surface area contributed by atoms with Crippen molar-refractivity contribution in [2.24, 2.45) is 5.92 Å². The van der Waals surface area contributed by atoms with Crippen LogP contribution in [0.15, 0.2) is 0 Å². The minimum atomic E-state index is -0.769. The number of nitrogens with one attached hydrogen (secondary N) is 1. The van der Waals surface area contributed by atoms with Crippen molar-refractivity contribution in [2.75, 3.05) is 26.8 Å². The van der Waals surface area contributed by atoms with E-state index in [1.54, 1.807) is 14.0 Å². The SMILES string of the molecule is COCCNCC(C)C(=O)O. The van der Waals surface area contributed by atoms with Crippen LogP contribution >= 0.6 is 0 Å². The van der Waals surface area contributed by atoms with E-state index in [0.717, 1.165) is 0 Å². The highest BCUT2D eigenvalue weighted by Crippen LogP contribution is 1.90. The predicted octanol–water partition coefficient (Wildman–Crippen LogP) is -0.0569. The average molecular weight is 161 g/mol. The van der Waals surface area contributed by atoms with Crippen LogP contribution in [-0.2, 0) is 9.53 Å². The van der Waals surface area contributed by atoms with Gasteiger partial charge in [-0.2, -0.15) is 0 Å². The molecule has 0 aliphatic heterocycles. The number of hydrogen-bond donors (Lipinski definition) is 2. The summed E-state index contributed by atoms with van der Waals surface area (Å²) in [5.41, 5.74) is 0. The smallest absolute Gasteiger partial charge is 0.307 e. The molecule has 66 valence electrons. The first-order valence-corrected chi connectivity index (χ1v) is 3.61. The van der Waals surface area contributed by atoms with Gasteiger partial charge in [-0.3, -0.25) is 4.79 Å². The van der Waals surface area contributed by atoms with Crippen LogP contribution in [0.3, 0.4) is 0 Å². The van der Waals surface area contributed by atoms with Crippen LogP contribution in [0.1, 0.15) is 6.92 Å². The zero-order valence-electron chi connectivity index (χ0n) is 6.96. The molecule has 1 atom stereocenters. The standard InChI is InChI=1S/C7H15NO3/c1-6(7(9)10)5-8-3-4-11-2/h6,8H,3-5H2,1-2H3,(H,9,10). The van der Waals surface area contributed by atoms with Crippen LogP contribution in [0.2, 0.25) is 0 Å². The number of ether oxygens (including phenoxy) is 1. The van der Waals surface area contributed by atoms with Crippen molar-refractivity contribution < 1.29 is 14.6 Å². The number of rotatable bonds is 6. The van der Waals surface area contributed by atoms with Crippen molar-refractivity contribution in [3.8, 4) is 0 Å². The maximum Gasteiger partial charge on any atom is 0.307 e. The number of hydrogen-bond acceptors (Lipinski definition) is 3. The molecule has 0 aliphatic rings. The van der Waals surface area contributed by atoms with Gasteiger partial charge in [-0.05, 0) is 0 Å². The van der Waals surface area contributed by atoms with Gasteiger partial charge in [0.2, 0.25) is 0 Å². The molecule has 1 unspecified atom stereocenters. The van der Waals surface area contributed by atoms with Crippen molar-refractivity contribution in [1.29, 1.82) is 0 Å². The molecule has 0 saturated carbocycles. The summed E-state index contributed by atoms with van der Waals surface area (Å²) in [7, 11) is 1.61. The van der Waals surface area contributed by atoms with Crippen LogP contribution in [-0.4, -0.2) is 37.9 Å². The van der Waals surface area contributed by atoms with Crippen molar-refractivity contribution in [3.05, 3.63) is 0 Å². The first kappa shape index (κ1) is 10.4. The zero-order chi connectivity index (χ0) is 8.69. The molecule has 0 radical (unpaired) electrons. The quantitative estimate of drug-likeness (QED) is 0.536. The van der Waals surface area contributed by atoms with E-state index >= 15 is 0 Å². The van der Waals surface area contributed by atoms with E-state index in [4.69, 9.17) is 9.84 Å². The molecule has 4 heteroatoms. The molecule has 11 heavy (non-hydrogen) atoms. The van der Waals surface area contributed by atoms with E-state index in [2.05, 4.69) is 5.32 Å². The highest BCUT2D eigenvalue weighted by atomic mass is 16.5. The maximum atomic E-state index is 10.3. The van der Waals surface area contributed by atoms with Crippen LogP contribution < -0.4 is 5.32 Å². The summed E-state index contributed by atoms with van der Waals surface area (Å²) in [6, 6.07) is 0. The molecular formula is C7H15NO3. The minimum absolute atomic E-state index is 0.327. The summed E-state index contributed by atoms with van der Waals surface area (Å²) in [4.78, 5) is 10.3. The molecule has 0 fully saturated rings. The molecular weight excluding hydrogens is 146 g/mol. The molecule has 0 rings (SSSR count). The first-order valence-electron chi connectivity index (χ1n) is 3.61. The Kier molecular flexibility index (Phi) is 5.78. The Hall–Kier alpha value is -0.610. The Morgan fingerprint density at radius 2 is 2.36 bits per heavy atom. The minimum Gasteiger partial charge on any atom is -0.481 e. The summed E-state index contributed by atoms with van der Waals surface area (Å²) in [5.74, 6) is -1.10. The van der Waals surface area contributed by atoms with E-state index in [1.807, 2.05) is 0 Å². The lowest BCUT2D eigenvalue weighted by Crippen LogP contribution is -2.28. The highest BCUT2D eigenvalue weighted by Gasteiger charge is 2.08. The van der Waals surface area contributed by atoms with Gasteiger partial charge < -0.3 is 15.2 Å². The third-order valence-electron chi connectivity index (χ3n) is 1.36. The van der Waals surface area contributed by atoms with Crippen LogP contribution in [0, 0.1) is 5.92 Å². The second-order valence-electron chi connectivity index (χ2n) is 2.44. The fraction of sp³-hybridized carbons (Fsp3) is 0.857. The normalized spacial score (nSPS) is 12.9. The molecule has 0 spiro atoms. The Balaban J connectivity index is 3.17. The van der Waals surface area contributed by atoms with E-state index in [9.17, 15) is 4.79 Å². The second-order valence-corrected chi connectivity index (χ2v) is 2.44. The molecule has 0 saturated heterocycles. The van der Waals surface area contributed by atoms with Gasteiger partial charge in [0.1, 0.15) is 0 Å². The predicted molar refractivity (Wildman–Crippen MR) is 41.5 cm³/mol. The molecule has 0 amide bonds. The van der Waals surface area contributed by atoms with Gasteiger partial charge in [0, 0.05) is 20.2 Å². The van der Waals surface area contributed by atoms with Crippen molar-refractivity contribution >= 4 is 5.97 Å². The monoisotopic (exact) mass is 161 g/mol. The zero-order valence-corrected chi connectivity index (χ0v) is 6.96. The van der Waals surface area contributed by atoms with Gasteiger partial charge in [-0.1, -0.05) is 6.92 Å². The molecule has 0 aliphatic carbocycles. The summed E-state index contributed by atoms with van der Waals surface area (Å²) in [5, 5.41) is 11.4. The second kappa shape index (κ2) is 6.12. The lowest BCUT2D eigenvalue weighted by atomic mass is 10.2. The van der Waals surface area contributed by atoms with E-state index < -0.39 is 5.97 Å². The van der Waals surface area contributed by atoms with Gasteiger partial charge in [0.25, 0.3) is 0 Å². The van der Waals surface area contributed by atoms with Gasteiger partial charge in [0.15, 0.2) is 0 Å².